The molecule has 1 heterocycles. The molecule has 0 atom stereocenters. The first-order chi connectivity index (χ1) is 16.2. The Hall–Kier alpha value is -3.20. The van der Waals surface area contributed by atoms with Gasteiger partial charge in [-0.2, -0.15) is 0 Å². The van der Waals surface area contributed by atoms with Gasteiger partial charge in [-0.25, -0.2) is 0 Å². The molecular weight excluding hydrogens is 404 g/mol. The highest BCUT2D eigenvalue weighted by molar-refractivity contribution is 6.15. The predicted molar refractivity (Wildman–Crippen MR) is 138 cm³/mol. The lowest BCUT2D eigenvalue weighted by molar-refractivity contribution is 0.103. The van der Waals surface area contributed by atoms with Crippen LogP contribution in [0, 0.1) is 11.3 Å². The van der Waals surface area contributed by atoms with E-state index in [1.807, 2.05) is 42.5 Å². The first-order valence-electron chi connectivity index (χ1n) is 12.4. The topological polar surface area (TPSA) is 45.9 Å². The number of hydrogen-bond acceptors (Lipinski definition) is 2. The van der Waals surface area contributed by atoms with Crippen LogP contribution in [0.25, 0.3) is 21.8 Å². The van der Waals surface area contributed by atoms with Crippen LogP contribution in [-0.2, 0) is 6.54 Å². The van der Waals surface area contributed by atoms with Crippen molar-refractivity contribution in [2.45, 2.75) is 58.4 Å². The molecule has 1 aliphatic rings. The lowest BCUT2D eigenvalue weighted by atomic mass is 9.85. The number of aromatic nitrogens is 1. The molecule has 3 heteroatoms. The molecular formula is C30H32N2O. The fourth-order valence-electron chi connectivity index (χ4n) is 5.50. The Balaban J connectivity index is 1.50. The highest BCUT2D eigenvalue weighted by Crippen LogP contribution is 2.32. The SMILES string of the molecule is CCn1c2ccc(C(=N)CCC3CCCCC3)cc2c2cc(C(=O)c3ccccc3)ccc21. The van der Waals surface area contributed by atoms with Crippen LogP contribution in [0.5, 0.6) is 0 Å². The summed E-state index contributed by atoms with van der Waals surface area (Å²) in [5.41, 5.74) is 5.47. The third kappa shape index (κ3) is 4.25. The Morgan fingerprint density at radius 1 is 0.848 bits per heavy atom. The van der Waals surface area contributed by atoms with Gasteiger partial charge in [-0.3, -0.25) is 4.79 Å². The number of nitrogens with zero attached hydrogens (tertiary/aromatic N) is 1. The van der Waals surface area contributed by atoms with Crippen LogP contribution < -0.4 is 0 Å². The van der Waals surface area contributed by atoms with Crippen LogP contribution >= 0.6 is 0 Å². The van der Waals surface area contributed by atoms with E-state index in [-0.39, 0.29) is 5.78 Å². The molecule has 1 aliphatic carbocycles. The second-order valence-corrected chi connectivity index (χ2v) is 9.42. The standard InChI is InChI=1S/C30H32N2O/c1-2-32-28-17-14-23(27(31)16-13-21-9-5-3-6-10-21)19-25(28)26-20-24(15-18-29(26)32)30(33)22-11-7-4-8-12-22/h4,7-8,11-12,14-15,17-21,31H,2-3,5-6,9-10,13,16H2,1H3. The van der Waals surface area contributed by atoms with E-state index >= 15 is 0 Å². The number of fused-ring (bicyclic) bond motifs is 3. The summed E-state index contributed by atoms with van der Waals surface area (Å²) in [4.78, 5) is 13.1. The lowest BCUT2D eigenvalue weighted by Gasteiger charge is -2.21. The largest absolute Gasteiger partial charge is 0.341 e. The van der Waals surface area contributed by atoms with Crippen molar-refractivity contribution in [3.63, 3.8) is 0 Å². The fourth-order valence-corrected chi connectivity index (χ4v) is 5.50. The number of carbonyl (C=O) groups is 1. The first kappa shape index (κ1) is 21.6. The molecule has 0 unspecified atom stereocenters. The van der Waals surface area contributed by atoms with Crippen molar-refractivity contribution >= 4 is 33.3 Å². The maximum atomic E-state index is 13.1. The minimum absolute atomic E-state index is 0.0475. The average molecular weight is 437 g/mol. The third-order valence-electron chi connectivity index (χ3n) is 7.36. The fraction of sp³-hybridized carbons (Fsp3) is 0.333. The summed E-state index contributed by atoms with van der Waals surface area (Å²) in [6.07, 6.45) is 8.71. The number of carbonyl (C=O) groups excluding carboxylic acids is 1. The van der Waals surface area contributed by atoms with E-state index in [0.29, 0.717) is 11.1 Å². The Morgan fingerprint density at radius 2 is 1.48 bits per heavy atom. The molecule has 1 fully saturated rings. The zero-order chi connectivity index (χ0) is 22.8. The van der Waals surface area contributed by atoms with Crippen molar-refractivity contribution in [2.24, 2.45) is 5.92 Å². The first-order valence-corrected chi connectivity index (χ1v) is 12.4. The van der Waals surface area contributed by atoms with E-state index in [4.69, 9.17) is 5.41 Å². The number of ketones is 1. The molecule has 3 nitrogen and oxygen atoms in total. The van der Waals surface area contributed by atoms with Gasteiger partial charge in [0, 0.05) is 45.2 Å². The maximum Gasteiger partial charge on any atom is 0.193 e. The van der Waals surface area contributed by atoms with E-state index in [1.54, 1.807) is 0 Å². The number of benzene rings is 3. The number of hydrogen-bond donors (Lipinski definition) is 1. The summed E-state index contributed by atoms with van der Waals surface area (Å²) in [6, 6.07) is 22.0. The zero-order valence-corrected chi connectivity index (χ0v) is 19.4. The van der Waals surface area contributed by atoms with Crippen LogP contribution in [-0.4, -0.2) is 16.1 Å². The minimum Gasteiger partial charge on any atom is -0.341 e. The summed E-state index contributed by atoms with van der Waals surface area (Å²) >= 11 is 0. The molecule has 0 aliphatic heterocycles. The van der Waals surface area contributed by atoms with Crippen LogP contribution in [0.1, 0.15) is 73.4 Å². The van der Waals surface area contributed by atoms with Crippen LogP contribution in [0.2, 0.25) is 0 Å². The summed E-state index contributed by atoms with van der Waals surface area (Å²) in [6.45, 7) is 3.02. The van der Waals surface area contributed by atoms with Crippen molar-refractivity contribution in [2.75, 3.05) is 0 Å². The molecule has 3 aromatic carbocycles. The van der Waals surface area contributed by atoms with E-state index in [9.17, 15) is 4.79 Å². The maximum absolute atomic E-state index is 13.1. The highest BCUT2D eigenvalue weighted by atomic mass is 16.1. The second kappa shape index (κ2) is 9.35. The lowest BCUT2D eigenvalue weighted by Crippen LogP contribution is -2.09. The Morgan fingerprint density at radius 3 is 2.15 bits per heavy atom. The van der Waals surface area contributed by atoms with Crippen molar-refractivity contribution in [3.8, 4) is 0 Å². The third-order valence-corrected chi connectivity index (χ3v) is 7.36. The van der Waals surface area contributed by atoms with Gasteiger partial charge >= 0.3 is 0 Å². The predicted octanol–water partition coefficient (Wildman–Crippen LogP) is 7.77. The van der Waals surface area contributed by atoms with Gasteiger partial charge in [0.25, 0.3) is 0 Å². The van der Waals surface area contributed by atoms with E-state index in [2.05, 4.69) is 35.8 Å². The van der Waals surface area contributed by atoms with Gasteiger partial charge in [0.2, 0.25) is 0 Å². The van der Waals surface area contributed by atoms with E-state index in [1.165, 1.54) is 37.6 Å². The molecule has 0 bridgehead atoms. The smallest absolute Gasteiger partial charge is 0.193 e. The molecule has 0 spiro atoms. The van der Waals surface area contributed by atoms with Gasteiger partial charge in [0.1, 0.15) is 0 Å². The second-order valence-electron chi connectivity index (χ2n) is 9.42. The molecule has 1 saturated carbocycles. The number of rotatable bonds is 7. The molecule has 5 rings (SSSR count). The van der Waals surface area contributed by atoms with Gasteiger partial charge < -0.3 is 9.98 Å². The summed E-state index contributed by atoms with van der Waals surface area (Å²) < 4.78 is 2.30. The van der Waals surface area contributed by atoms with Crippen molar-refractivity contribution in [1.82, 2.24) is 4.57 Å². The number of aryl methyl sites for hydroxylation is 1. The average Bonchev–Trinajstić information content (AvgIpc) is 3.20. The minimum atomic E-state index is 0.0475. The molecule has 0 saturated heterocycles. The van der Waals surface area contributed by atoms with Crippen LogP contribution in [0.3, 0.4) is 0 Å². The Labute approximate surface area is 195 Å². The van der Waals surface area contributed by atoms with Gasteiger partial charge in [-0.1, -0.05) is 68.5 Å². The summed E-state index contributed by atoms with van der Waals surface area (Å²) in [5.74, 6) is 0.836. The highest BCUT2D eigenvalue weighted by Gasteiger charge is 2.17. The Bertz CT molecular complexity index is 1310. The van der Waals surface area contributed by atoms with Crippen molar-refractivity contribution in [3.05, 3.63) is 83.4 Å². The monoisotopic (exact) mass is 436 g/mol. The molecule has 1 aromatic heterocycles. The van der Waals surface area contributed by atoms with Gasteiger partial charge in [-0.05, 0) is 61.6 Å². The van der Waals surface area contributed by atoms with E-state index < -0.39 is 0 Å². The van der Waals surface area contributed by atoms with Crippen LogP contribution in [0.4, 0.5) is 0 Å². The number of nitrogens with one attached hydrogen (secondary N) is 1. The molecule has 0 radical (unpaired) electrons. The summed E-state index contributed by atoms with van der Waals surface area (Å²) in [5, 5.41) is 11.0. The molecule has 0 amide bonds. The van der Waals surface area contributed by atoms with Gasteiger partial charge in [-0.15, -0.1) is 0 Å². The normalized spacial score (nSPS) is 14.7. The van der Waals surface area contributed by atoms with Crippen molar-refractivity contribution in [1.29, 1.82) is 5.41 Å². The molecule has 1 N–H and O–H groups in total. The molecule has 168 valence electrons. The molecule has 4 aromatic rings. The van der Waals surface area contributed by atoms with Gasteiger partial charge in [0.05, 0.1) is 0 Å². The van der Waals surface area contributed by atoms with Crippen molar-refractivity contribution < 1.29 is 4.79 Å². The van der Waals surface area contributed by atoms with Crippen LogP contribution in [0.15, 0.2) is 66.7 Å². The zero-order valence-electron chi connectivity index (χ0n) is 19.4. The van der Waals surface area contributed by atoms with Gasteiger partial charge in [0.15, 0.2) is 5.78 Å². The molecule has 33 heavy (non-hydrogen) atoms. The Kier molecular flexibility index (Phi) is 6.13. The van der Waals surface area contributed by atoms with E-state index in [0.717, 1.165) is 52.9 Å². The quantitative estimate of drug-likeness (QED) is 0.233. The summed E-state index contributed by atoms with van der Waals surface area (Å²) in [7, 11) is 0.